The highest BCUT2D eigenvalue weighted by molar-refractivity contribution is 6.00. The van der Waals surface area contributed by atoms with Crippen LogP contribution in [0.25, 0.3) is 0 Å². The quantitative estimate of drug-likeness (QED) is 0.699. The topological polar surface area (TPSA) is 66.9 Å². The first kappa shape index (κ1) is 21.9. The van der Waals surface area contributed by atoms with Crippen LogP contribution in [0.1, 0.15) is 51.0 Å². The van der Waals surface area contributed by atoms with Gasteiger partial charge >= 0.3 is 0 Å². The van der Waals surface area contributed by atoms with Gasteiger partial charge in [-0.15, -0.1) is 0 Å². The number of nitrogens with zero attached hydrogens (tertiary/aromatic N) is 3. The maximum absolute atomic E-state index is 14.0. The summed E-state index contributed by atoms with van der Waals surface area (Å²) in [4.78, 5) is 23.0. The van der Waals surface area contributed by atoms with Crippen LogP contribution in [0.15, 0.2) is 36.5 Å². The van der Waals surface area contributed by atoms with Crippen molar-refractivity contribution in [2.24, 2.45) is 5.92 Å². The summed E-state index contributed by atoms with van der Waals surface area (Å²) in [5.74, 6) is 1.08. The Balaban J connectivity index is 1.29. The van der Waals surface area contributed by atoms with Gasteiger partial charge in [0.05, 0.1) is 42.8 Å². The van der Waals surface area contributed by atoms with Crippen LogP contribution < -0.4 is 15.1 Å². The van der Waals surface area contributed by atoms with E-state index in [1.807, 2.05) is 11.0 Å². The Bertz CT molecular complexity index is 1050. The number of fused-ring (bicyclic) bond motifs is 4. The number of morpholine rings is 1. The number of anilines is 4. The maximum Gasteiger partial charge on any atom is 0.230 e. The maximum atomic E-state index is 14.0. The zero-order valence-corrected chi connectivity index (χ0v) is 19.9. The molecule has 7 heteroatoms. The molecular weight excluding hydrogens is 428 g/mol. The van der Waals surface area contributed by atoms with Gasteiger partial charge in [-0.2, -0.15) is 0 Å². The molecule has 1 saturated carbocycles. The molecule has 1 aliphatic carbocycles. The van der Waals surface area contributed by atoms with Gasteiger partial charge in [0.15, 0.2) is 0 Å². The van der Waals surface area contributed by atoms with E-state index in [1.54, 1.807) is 6.20 Å². The Morgan fingerprint density at radius 1 is 1.24 bits per heavy atom. The lowest BCUT2D eigenvalue weighted by atomic mass is 9.86. The van der Waals surface area contributed by atoms with Gasteiger partial charge in [-0.1, -0.05) is 13.0 Å². The molecule has 2 bridgehead atoms. The SMILES string of the molecule is CCCOC1CCC(C(=O)N2Cc3cccnc3Nc3ccc(N4C[C@@H]5C[C@H]4CO5)cc32)CC1. The van der Waals surface area contributed by atoms with Crippen molar-refractivity contribution < 1.29 is 14.3 Å². The molecule has 3 aliphatic heterocycles. The van der Waals surface area contributed by atoms with Crippen LogP contribution in [0.2, 0.25) is 0 Å². The molecule has 1 N–H and O–H groups in total. The van der Waals surface area contributed by atoms with Crippen LogP contribution in [-0.2, 0) is 20.8 Å². The van der Waals surface area contributed by atoms with E-state index in [1.165, 1.54) is 5.69 Å². The number of ether oxygens (including phenoxy) is 2. The van der Waals surface area contributed by atoms with Gasteiger partial charge < -0.3 is 24.6 Å². The first-order chi connectivity index (χ1) is 16.7. The number of hydrogen-bond acceptors (Lipinski definition) is 6. The molecule has 7 nitrogen and oxygen atoms in total. The van der Waals surface area contributed by atoms with Crippen molar-refractivity contribution >= 4 is 28.8 Å². The second-order valence-electron chi connectivity index (χ2n) is 10.1. The Hall–Kier alpha value is -2.64. The van der Waals surface area contributed by atoms with Gasteiger partial charge in [-0.3, -0.25) is 4.79 Å². The van der Waals surface area contributed by atoms with Crippen molar-refractivity contribution in [1.82, 2.24) is 4.98 Å². The average Bonchev–Trinajstić information content (AvgIpc) is 3.47. The molecule has 0 unspecified atom stereocenters. The van der Waals surface area contributed by atoms with Crippen molar-refractivity contribution in [3.8, 4) is 0 Å². The summed E-state index contributed by atoms with van der Waals surface area (Å²) in [5.41, 5.74) is 4.11. The third kappa shape index (κ3) is 4.05. The normalized spacial score (nSPS) is 27.7. The second-order valence-corrected chi connectivity index (χ2v) is 10.1. The fourth-order valence-corrected chi connectivity index (χ4v) is 5.98. The summed E-state index contributed by atoms with van der Waals surface area (Å²) >= 11 is 0. The van der Waals surface area contributed by atoms with Gasteiger partial charge in [0.1, 0.15) is 5.82 Å². The number of rotatable bonds is 5. The van der Waals surface area contributed by atoms with Crippen LogP contribution in [0.3, 0.4) is 0 Å². The fraction of sp³-hybridized carbons (Fsp3) is 0.556. The zero-order valence-electron chi connectivity index (χ0n) is 19.9. The smallest absolute Gasteiger partial charge is 0.230 e. The van der Waals surface area contributed by atoms with Crippen molar-refractivity contribution in [3.05, 3.63) is 42.1 Å². The summed E-state index contributed by atoms with van der Waals surface area (Å²) in [6.07, 6.45) is 8.27. The van der Waals surface area contributed by atoms with E-state index in [4.69, 9.17) is 9.47 Å². The summed E-state index contributed by atoms with van der Waals surface area (Å²) < 4.78 is 11.8. The number of benzene rings is 1. The van der Waals surface area contributed by atoms with E-state index < -0.39 is 0 Å². The first-order valence-corrected chi connectivity index (χ1v) is 12.9. The van der Waals surface area contributed by atoms with Gasteiger partial charge in [0.2, 0.25) is 5.91 Å². The van der Waals surface area contributed by atoms with E-state index in [9.17, 15) is 4.79 Å². The van der Waals surface area contributed by atoms with Crippen molar-refractivity contribution in [3.63, 3.8) is 0 Å². The summed E-state index contributed by atoms with van der Waals surface area (Å²) in [6.45, 7) is 5.20. The second kappa shape index (κ2) is 9.19. The molecule has 34 heavy (non-hydrogen) atoms. The van der Waals surface area contributed by atoms with Crippen LogP contribution in [0.5, 0.6) is 0 Å². The predicted octanol–water partition coefficient (Wildman–Crippen LogP) is 4.63. The van der Waals surface area contributed by atoms with E-state index in [0.29, 0.717) is 24.8 Å². The number of carbonyl (C=O) groups is 1. The molecule has 2 saturated heterocycles. The van der Waals surface area contributed by atoms with Crippen molar-refractivity contribution in [1.29, 1.82) is 0 Å². The number of hydrogen-bond donors (Lipinski definition) is 1. The molecule has 2 aromatic rings. The molecule has 6 rings (SSSR count). The minimum absolute atomic E-state index is 0.0346. The van der Waals surface area contributed by atoms with Crippen LogP contribution in [0.4, 0.5) is 22.9 Å². The number of amides is 1. The summed E-state index contributed by atoms with van der Waals surface area (Å²) in [5, 5.41) is 3.50. The molecule has 180 valence electrons. The van der Waals surface area contributed by atoms with Gasteiger partial charge in [-0.05, 0) is 62.8 Å². The van der Waals surface area contributed by atoms with Gasteiger partial charge in [0.25, 0.3) is 0 Å². The molecule has 3 fully saturated rings. The minimum atomic E-state index is 0.0346. The zero-order chi connectivity index (χ0) is 23.1. The van der Waals surface area contributed by atoms with E-state index in [0.717, 1.165) is 81.0 Å². The van der Waals surface area contributed by atoms with E-state index in [-0.39, 0.29) is 11.8 Å². The lowest BCUT2D eigenvalue weighted by Crippen LogP contribution is -2.39. The number of pyridine rings is 1. The Morgan fingerprint density at radius 3 is 2.88 bits per heavy atom. The molecule has 4 aliphatic rings. The van der Waals surface area contributed by atoms with E-state index in [2.05, 4.69) is 46.4 Å². The highest BCUT2D eigenvalue weighted by Crippen LogP contribution is 2.41. The third-order valence-corrected chi connectivity index (χ3v) is 7.82. The fourth-order valence-electron chi connectivity index (χ4n) is 5.98. The monoisotopic (exact) mass is 462 g/mol. The number of nitrogens with one attached hydrogen (secondary N) is 1. The van der Waals surface area contributed by atoms with Crippen LogP contribution in [0, 0.1) is 5.92 Å². The number of carbonyl (C=O) groups excluding carboxylic acids is 1. The molecule has 0 spiro atoms. The van der Waals surface area contributed by atoms with Crippen molar-refractivity contribution in [2.45, 2.75) is 70.2 Å². The Morgan fingerprint density at radius 2 is 2.12 bits per heavy atom. The molecule has 1 amide bonds. The largest absolute Gasteiger partial charge is 0.378 e. The third-order valence-electron chi connectivity index (χ3n) is 7.82. The average molecular weight is 463 g/mol. The summed E-state index contributed by atoms with van der Waals surface area (Å²) in [6, 6.07) is 10.9. The molecule has 1 aromatic carbocycles. The molecular formula is C27H34N4O3. The van der Waals surface area contributed by atoms with Gasteiger partial charge in [0, 0.05) is 36.5 Å². The first-order valence-electron chi connectivity index (χ1n) is 12.9. The Labute approximate surface area is 201 Å². The standard InChI is InChI=1S/C27H34N4O3/c1-2-12-33-22-8-5-18(6-9-22)27(32)31-15-19-4-3-11-28-26(19)29-24-10-7-20(14-25(24)31)30-16-23-13-21(30)17-34-23/h3-4,7,10-11,14,18,21-23H,2,5-6,8-9,12-13,15-17H2,1H3,(H,28,29)/t18?,21-,22?,23-/m0/s1. The molecule has 1 aromatic heterocycles. The van der Waals surface area contributed by atoms with Crippen LogP contribution >= 0.6 is 0 Å². The van der Waals surface area contributed by atoms with E-state index >= 15 is 0 Å². The van der Waals surface area contributed by atoms with Gasteiger partial charge in [-0.25, -0.2) is 4.98 Å². The van der Waals surface area contributed by atoms with Crippen molar-refractivity contribution in [2.75, 3.05) is 34.9 Å². The van der Waals surface area contributed by atoms with Crippen LogP contribution in [-0.4, -0.2) is 48.9 Å². The molecule has 2 atom stereocenters. The lowest BCUT2D eigenvalue weighted by Gasteiger charge is -2.33. The predicted molar refractivity (Wildman–Crippen MR) is 133 cm³/mol. The Kier molecular flexibility index (Phi) is 5.91. The highest BCUT2D eigenvalue weighted by atomic mass is 16.5. The summed E-state index contributed by atoms with van der Waals surface area (Å²) in [7, 11) is 0. The number of aromatic nitrogens is 1. The molecule has 4 heterocycles. The highest BCUT2D eigenvalue weighted by Gasteiger charge is 2.40. The molecule has 0 radical (unpaired) electrons. The minimum Gasteiger partial charge on any atom is -0.378 e. The lowest BCUT2D eigenvalue weighted by molar-refractivity contribution is -0.124.